The van der Waals surface area contributed by atoms with Crippen LogP contribution in [0.4, 0.5) is 0 Å². The van der Waals surface area contributed by atoms with Gasteiger partial charge in [-0.05, 0) is 24.6 Å². The molecule has 1 aromatic carbocycles. The van der Waals surface area contributed by atoms with Crippen LogP contribution >= 0.6 is 11.6 Å². The van der Waals surface area contributed by atoms with Crippen LogP contribution in [0.2, 0.25) is 5.02 Å². The van der Waals surface area contributed by atoms with Crippen molar-refractivity contribution in [2.24, 2.45) is 0 Å². The topological polar surface area (TPSA) is 59.9 Å². The number of rotatable bonds is 2. The number of nitrogens with zero attached hydrogens (tertiary/aromatic N) is 2. The molecular formula is C18H16ClN3OS. The summed E-state index contributed by atoms with van der Waals surface area (Å²) >= 11 is 11.3. The van der Waals surface area contributed by atoms with E-state index in [4.69, 9.17) is 24.2 Å². The second-order valence-electron chi connectivity index (χ2n) is 5.92. The summed E-state index contributed by atoms with van der Waals surface area (Å²) in [5.74, 6) is -0.386. The number of nitrogens with one attached hydrogen (secondary N) is 1. The summed E-state index contributed by atoms with van der Waals surface area (Å²) in [6.45, 7) is 1.67. The molecule has 24 heavy (non-hydrogen) atoms. The molecule has 0 saturated carbocycles. The SMILES string of the molecule is C[C@]1(O)NC([S-])=C(C#N)C(c2ccc(Cl)cc2)C1[n+]1ccccc1. The molecular weight excluding hydrogens is 342 g/mol. The highest BCUT2D eigenvalue weighted by atomic mass is 35.5. The molecule has 6 heteroatoms. The third-order valence-electron chi connectivity index (χ3n) is 4.22. The summed E-state index contributed by atoms with van der Waals surface area (Å²) in [4.78, 5) is 0. The number of aromatic nitrogens is 1. The Kier molecular flexibility index (Phi) is 4.46. The molecule has 0 aliphatic carbocycles. The Morgan fingerprint density at radius 3 is 2.46 bits per heavy atom. The lowest BCUT2D eigenvalue weighted by molar-refractivity contribution is -0.741. The molecule has 4 nitrogen and oxygen atoms in total. The number of benzene rings is 1. The van der Waals surface area contributed by atoms with Crippen molar-refractivity contribution in [3.8, 4) is 6.07 Å². The first kappa shape index (κ1) is 16.7. The Morgan fingerprint density at radius 1 is 1.25 bits per heavy atom. The van der Waals surface area contributed by atoms with E-state index in [-0.39, 0.29) is 10.9 Å². The third kappa shape index (κ3) is 2.96. The normalized spacial score (nSPS) is 26.6. The average Bonchev–Trinajstić information content (AvgIpc) is 2.55. The van der Waals surface area contributed by atoms with E-state index in [0.717, 1.165) is 5.56 Å². The van der Waals surface area contributed by atoms with E-state index in [1.54, 1.807) is 19.1 Å². The van der Waals surface area contributed by atoms with Crippen molar-refractivity contribution in [2.75, 3.05) is 0 Å². The maximum atomic E-state index is 11.0. The van der Waals surface area contributed by atoms with Crippen LogP contribution in [0.3, 0.4) is 0 Å². The molecule has 2 heterocycles. The molecule has 0 radical (unpaired) electrons. The lowest BCUT2D eigenvalue weighted by atomic mass is 9.78. The molecule has 2 N–H and O–H groups in total. The van der Waals surface area contributed by atoms with Crippen molar-refractivity contribution in [2.45, 2.75) is 24.6 Å². The summed E-state index contributed by atoms with van der Waals surface area (Å²) < 4.78 is 1.89. The van der Waals surface area contributed by atoms with Gasteiger partial charge in [-0.3, -0.25) is 0 Å². The van der Waals surface area contributed by atoms with Crippen LogP contribution in [0.25, 0.3) is 0 Å². The molecule has 2 aromatic rings. The maximum absolute atomic E-state index is 11.0. The van der Waals surface area contributed by atoms with Gasteiger partial charge in [-0.25, -0.2) is 0 Å². The van der Waals surface area contributed by atoms with Crippen molar-refractivity contribution in [1.29, 1.82) is 5.26 Å². The first-order valence-corrected chi connectivity index (χ1v) is 8.26. The van der Waals surface area contributed by atoms with Gasteiger partial charge in [0.15, 0.2) is 18.1 Å². The highest BCUT2D eigenvalue weighted by molar-refractivity contribution is 7.63. The predicted octanol–water partition coefficient (Wildman–Crippen LogP) is 2.55. The van der Waals surface area contributed by atoms with Crippen LogP contribution in [0.15, 0.2) is 65.5 Å². The number of nitriles is 1. The quantitative estimate of drug-likeness (QED) is 0.640. The highest BCUT2D eigenvalue weighted by Gasteiger charge is 2.50. The van der Waals surface area contributed by atoms with Crippen LogP contribution in [0.1, 0.15) is 24.4 Å². The van der Waals surface area contributed by atoms with Gasteiger partial charge in [0.1, 0.15) is 0 Å². The van der Waals surface area contributed by atoms with Crippen LogP contribution in [0, 0.1) is 11.3 Å². The second kappa shape index (κ2) is 6.40. The predicted molar refractivity (Wildman–Crippen MR) is 93.6 cm³/mol. The molecule has 3 atom stereocenters. The van der Waals surface area contributed by atoms with Gasteiger partial charge in [0.05, 0.1) is 12.0 Å². The van der Waals surface area contributed by atoms with E-state index in [0.29, 0.717) is 10.6 Å². The van der Waals surface area contributed by atoms with Crippen molar-refractivity contribution in [1.82, 2.24) is 5.32 Å². The molecule has 0 fully saturated rings. The fourth-order valence-electron chi connectivity index (χ4n) is 3.19. The fourth-order valence-corrected chi connectivity index (χ4v) is 3.70. The van der Waals surface area contributed by atoms with Crippen LogP contribution in [-0.2, 0) is 12.6 Å². The van der Waals surface area contributed by atoms with Gasteiger partial charge in [0, 0.05) is 22.7 Å². The van der Waals surface area contributed by atoms with Gasteiger partial charge >= 0.3 is 0 Å². The summed E-state index contributed by atoms with van der Waals surface area (Å²) in [6, 6.07) is 14.7. The number of hydrogen-bond donors (Lipinski definition) is 2. The van der Waals surface area contributed by atoms with E-state index in [9.17, 15) is 10.4 Å². The van der Waals surface area contributed by atoms with Crippen molar-refractivity contribution in [3.63, 3.8) is 0 Å². The van der Waals surface area contributed by atoms with E-state index in [1.165, 1.54) is 0 Å². The molecule has 0 saturated heterocycles. The fraction of sp³-hybridized carbons (Fsp3) is 0.222. The molecule has 3 rings (SSSR count). The van der Waals surface area contributed by atoms with E-state index in [2.05, 4.69) is 11.4 Å². The maximum Gasteiger partial charge on any atom is 0.216 e. The minimum Gasteiger partial charge on any atom is -0.762 e. The molecule has 1 aliphatic rings. The first-order valence-electron chi connectivity index (χ1n) is 7.47. The first-order chi connectivity index (χ1) is 11.4. The Bertz CT molecular complexity index is 812. The largest absolute Gasteiger partial charge is 0.762 e. The van der Waals surface area contributed by atoms with E-state index < -0.39 is 11.8 Å². The van der Waals surface area contributed by atoms with Crippen LogP contribution < -0.4 is 9.88 Å². The van der Waals surface area contributed by atoms with Crippen LogP contribution in [0.5, 0.6) is 0 Å². The van der Waals surface area contributed by atoms with Crippen LogP contribution in [-0.4, -0.2) is 10.8 Å². The van der Waals surface area contributed by atoms with Crippen molar-refractivity contribution in [3.05, 3.63) is 76.0 Å². The van der Waals surface area contributed by atoms with Gasteiger partial charge in [0.25, 0.3) is 0 Å². The lowest BCUT2D eigenvalue weighted by Gasteiger charge is -2.43. The van der Waals surface area contributed by atoms with Crippen molar-refractivity contribution < 1.29 is 9.67 Å². The average molecular weight is 358 g/mol. The molecule has 0 amide bonds. The number of aliphatic hydroxyl groups is 1. The molecule has 1 aliphatic heterocycles. The minimum absolute atomic E-state index is 0.273. The van der Waals surface area contributed by atoms with Gasteiger partial charge in [-0.1, -0.05) is 34.8 Å². The molecule has 1 aromatic heterocycles. The summed E-state index contributed by atoms with van der Waals surface area (Å²) in [6.07, 6.45) is 3.74. The van der Waals surface area contributed by atoms with Gasteiger partial charge in [-0.2, -0.15) is 9.83 Å². The molecule has 122 valence electrons. The monoisotopic (exact) mass is 357 g/mol. The Labute approximate surface area is 151 Å². The molecule has 0 bridgehead atoms. The van der Waals surface area contributed by atoms with E-state index in [1.807, 2.05) is 47.3 Å². The zero-order chi connectivity index (χ0) is 17.3. The van der Waals surface area contributed by atoms with Gasteiger partial charge in [-0.15, -0.1) is 0 Å². The summed E-state index contributed by atoms with van der Waals surface area (Å²) in [5, 5.41) is 24.4. The number of pyridine rings is 1. The minimum atomic E-state index is -1.31. The van der Waals surface area contributed by atoms with Crippen molar-refractivity contribution >= 4 is 24.2 Å². The standard InChI is InChI=1S/C18H16ClN3OS/c1-18(23)16(22-9-3-2-4-10-22)15(14(11-20)17(24)21-18)12-5-7-13(19)8-6-12/h2-10,15-16,21,23H,1H3/t15?,16?,18-/m1/s1. The third-order valence-corrected chi connectivity index (χ3v) is 4.80. The smallest absolute Gasteiger partial charge is 0.216 e. The lowest BCUT2D eigenvalue weighted by Crippen LogP contribution is -2.63. The second-order valence-corrected chi connectivity index (χ2v) is 6.77. The Balaban J connectivity index is 2.22. The summed E-state index contributed by atoms with van der Waals surface area (Å²) in [5.41, 5.74) is -0.00469. The molecule has 2 unspecified atom stereocenters. The number of halogens is 1. The van der Waals surface area contributed by atoms with E-state index >= 15 is 0 Å². The Morgan fingerprint density at radius 2 is 1.88 bits per heavy atom. The zero-order valence-corrected chi connectivity index (χ0v) is 14.6. The Hall–Kier alpha value is -2.13. The highest BCUT2D eigenvalue weighted by Crippen LogP contribution is 2.42. The number of hydrogen-bond acceptors (Lipinski definition) is 4. The molecule has 0 spiro atoms. The van der Waals surface area contributed by atoms with Gasteiger partial charge < -0.3 is 23.1 Å². The number of allylic oxidation sites excluding steroid dienone is 1. The summed E-state index contributed by atoms with van der Waals surface area (Å²) in [7, 11) is 0. The zero-order valence-electron chi connectivity index (χ0n) is 13.0. The van der Waals surface area contributed by atoms with Gasteiger partial charge in [0.2, 0.25) is 6.04 Å².